The molecule has 4 rings (SSSR count). The van der Waals surface area contributed by atoms with Gasteiger partial charge >= 0.3 is 0 Å². The third-order valence-electron chi connectivity index (χ3n) is 5.98. The van der Waals surface area contributed by atoms with Gasteiger partial charge in [-0.05, 0) is 63.3 Å². The van der Waals surface area contributed by atoms with E-state index in [-0.39, 0.29) is 17.9 Å². The maximum absolute atomic E-state index is 13.0. The van der Waals surface area contributed by atoms with Crippen molar-refractivity contribution in [3.8, 4) is 5.75 Å². The molecule has 1 aliphatic carbocycles. The zero-order chi connectivity index (χ0) is 19.0. The highest BCUT2D eigenvalue weighted by Crippen LogP contribution is 2.39. The van der Waals surface area contributed by atoms with Crippen LogP contribution in [0.5, 0.6) is 5.75 Å². The minimum absolute atomic E-state index is 0.0655. The Balaban J connectivity index is 1.49. The number of ether oxygens (including phenoxy) is 1. The predicted molar refractivity (Wildman–Crippen MR) is 103 cm³/mol. The number of hydrogen-bond acceptors (Lipinski definition) is 4. The van der Waals surface area contributed by atoms with Crippen LogP contribution in [0.15, 0.2) is 18.2 Å². The van der Waals surface area contributed by atoms with Gasteiger partial charge in [-0.25, -0.2) is 0 Å². The Morgan fingerprint density at radius 2 is 2.04 bits per heavy atom. The minimum atomic E-state index is -0.475. The Bertz CT molecular complexity index is 752. The Hall–Kier alpha value is -1.79. The average molecular weight is 392 g/mol. The number of piperidine rings is 1. The zero-order valence-corrected chi connectivity index (χ0v) is 16.3. The van der Waals surface area contributed by atoms with E-state index in [1.165, 1.54) is 7.11 Å². The number of methoxy groups -OCH3 is 1. The third-order valence-corrected chi connectivity index (χ3v) is 6.21. The van der Waals surface area contributed by atoms with Crippen LogP contribution < -0.4 is 15.4 Å². The normalized spacial score (nSPS) is 27.7. The maximum Gasteiger partial charge on any atom is 0.255 e. The SMILES string of the molecule is COc1ccc(Cl)cc1C(=O)N[C@@H]1CN2CCCC[C@@]2(C(=O)NC2CC2)C1. The summed E-state index contributed by atoms with van der Waals surface area (Å²) in [4.78, 5) is 28.1. The van der Waals surface area contributed by atoms with E-state index in [4.69, 9.17) is 16.3 Å². The van der Waals surface area contributed by atoms with Gasteiger partial charge in [-0.2, -0.15) is 0 Å². The number of nitrogens with one attached hydrogen (secondary N) is 2. The van der Waals surface area contributed by atoms with Crippen molar-refractivity contribution in [1.29, 1.82) is 0 Å². The summed E-state index contributed by atoms with van der Waals surface area (Å²) in [6, 6.07) is 5.29. The van der Waals surface area contributed by atoms with Gasteiger partial charge in [0.2, 0.25) is 5.91 Å². The van der Waals surface area contributed by atoms with Crippen molar-refractivity contribution in [2.45, 2.75) is 56.1 Å². The van der Waals surface area contributed by atoms with Gasteiger partial charge in [-0.15, -0.1) is 0 Å². The van der Waals surface area contributed by atoms with Crippen LogP contribution in [-0.2, 0) is 4.79 Å². The van der Waals surface area contributed by atoms with Gasteiger partial charge in [0.1, 0.15) is 11.3 Å². The first-order chi connectivity index (χ1) is 13.0. The smallest absolute Gasteiger partial charge is 0.255 e. The lowest BCUT2D eigenvalue weighted by Gasteiger charge is -2.40. The van der Waals surface area contributed by atoms with Crippen LogP contribution in [0.1, 0.15) is 48.9 Å². The number of carbonyl (C=O) groups excluding carboxylic acids is 2. The highest BCUT2D eigenvalue weighted by molar-refractivity contribution is 6.31. The molecule has 0 spiro atoms. The molecule has 0 radical (unpaired) electrons. The fourth-order valence-corrected chi connectivity index (χ4v) is 4.61. The number of nitrogens with zero attached hydrogens (tertiary/aromatic N) is 1. The topological polar surface area (TPSA) is 70.7 Å². The molecule has 3 aliphatic rings. The Morgan fingerprint density at radius 3 is 2.78 bits per heavy atom. The molecule has 146 valence electrons. The Labute approximate surface area is 164 Å². The van der Waals surface area contributed by atoms with Crippen LogP contribution in [0.3, 0.4) is 0 Å². The second-order valence-electron chi connectivity index (χ2n) is 7.90. The van der Waals surface area contributed by atoms with E-state index < -0.39 is 5.54 Å². The molecule has 0 bridgehead atoms. The molecule has 2 atom stereocenters. The van der Waals surface area contributed by atoms with E-state index in [2.05, 4.69) is 15.5 Å². The number of fused-ring (bicyclic) bond motifs is 1. The van der Waals surface area contributed by atoms with Gasteiger partial charge in [-0.1, -0.05) is 11.6 Å². The van der Waals surface area contributed by atoms with Crippen LogP contribution in [0.4, 0.5) is 0 Å². The standard InChI is InChI=1S/C20H26ClN3O3/c1-27-17-7-4-13(21)10-16(17)18(25)22-15-11-20(19(26)23-14-5-6-14)8-2-3-9-24(20)12-15/h4,7,10,14-15H,2-3,5-6,8-9,11-12H2,1H3,(H,22,25)(H,23,26)/t15-,20-/m0/s1. The van der Waals surface area contributed by atoms with E-state index in [0.29, 0.717) is 35.3 Å². The van der Waals surface area contributed by atoms with Crippen molar-refractivity contribution < 1.29 is 14.3 Å². The molecule has 1 aromatic rings. The maximum atomic E-state index is 13.0. The van der Waals surface area contributed by atoms with Gasteiger partial charge in [0.25, 0.3) is 5.91 Å². The van der Waals surface area contributed by atoms with Gasteiger partial charge in [0.05, 0.1) is 12.7 Å². The first-order valence-corrected chi connectivity index (χ1v) is 10.1. The van der Waals surface area contributed by atoms with Crippen LogP contribution >= 0.6 is 11.6 Å². The number of halogens is 1. The van der Waals surface area contributed by atoms with E-state index >= 15 is 0 Å². The highest BCUT2D eigenvalue weighted by Gasteiger charge is 2.52. The Morgan fingerprint density at radius 1 is 1.22 bits per heavy atom. The van der Waals surface area contributed by atoms with Gasteiger partial charge < -0.3 is 15.4 Å². The molecule has 2 aliphatic heterocycles. The summed E-state index contributed by atoms with van der Waals surface area (Å²) < 4.78 is 5.30. The average Bonchev–Trinajstić information content (AvgIpc) is 3.39. The van der Waals surface area contributed by atoms with Crippen molar-refractivity contribution in [2.24, 2.45) is 0 Å². The lowest BCUT2D eigenvalue weighted by molar-refractivity contribution is -0.134. The molecule has 0 aromatic heterocycles. The summed E-state index contributed by atoms with van der Waals surface area (Å²) in [5.41, 5.74) is -0.0524. The quantitative estimate of drug-likeness (QED) is 0.808. The minimum Gasteiger partial charge on any atom is -0.496 e. The summed E-state index contributed by atoms with van der Waals surface area (Å²) in [7, 11) is 1.53. The van der Waals surface area contributed by atoms with E-state index in [1.807, 2.05) is 0 Å². The van der Waals surface area contributed by atoms with Gasteiger partial charge in [-0.3, -0.25) is 14.5 Å². The molecule has 3 fully saturated rings. The molecular weight excluding hydrogens is 366 g/mol. The number of carbonyl (C=O) groups is 2. The number of amides is 2. The van der Waals surface area contributed by atoms with Gasteiger partial charge in [0.15, 0.2) is 0 Å². The lowest BCUT2D eigenvalue weighted by atomic mass is 9.84. The molecule has 2 N–H and O–H groups in total. The zero-order valence-electron chi connectivity index (χ0n) is 15.6. The molecule has 1 saturated carbocycles. The van der Waals surface area contributed by atoms with Crippen LogP contribution in [0, 0.1) is 0 Å². The fraction of sp³-hybridized carbons (Fsp3) is 0.600. The molecule has 2 amide bonds. The monoisotopic (exact) mass is 391 g/mol. The summed E-state index contributed by atoms with van der Waals surface area (Å²) in [5, 5.41) is 6.78. The van der Waals surface area contributed by atoms with Crippen molar-refractivity contribution in [2.75, 3.05) is 20.2 Å². The first-order valence-electron chi connectivity index (χ1n) is 9.72. The largest absolute Gasteiger partial charge is 0.496 e. The summed E-state index contributed by atoms with van der Waals surface area (Å²) in [6.07, 6.45) is 5.82. The molecule has 0 unspecified atom stereocenters. The van der Waals surface area contributed by atoms with Crippen LogP contribution in [-0.4, -0.2) is 54.5 Å². The molecule has 27 heavy (non-hydrogen) atoms. The van der Waals surface area contributed by atoms with Crippen molar-refractivity contribution in [3.05, 3.63) is 28.8 Å². The van der Waals surface area contributed by atoms with Crippen molar-refractivity contribution >= 4 is 23.4 Å². The van der Waals surface area contributed by atoms with Crippen LogP contribution in [0.25, 0.3) is 0 Å². The molecule has 1 aromatic carbocycles. The lowest BCUT2D eigenvalue weighted by Crippen LogP contribution is -2.57. The van der Waals surface area contributed by atoms with E-state index in [9.17, 15) is 9.59 Å². The Kier molecular flexibility index (Phi) is 5.03. The molecule has 7 heteroatoms. The first kappa shape index (κ1) is 18.6. The fourth-order valence-electron chi connectivity index (χ4n) is 4.44. The predicted octanol–water partition coefficient (Wildman–Crippen LogP) is 2.35. The number of rotatable bonds is 5. The van der Waals surface area contributed by atoms with Crippen molar-refractivity contribution in [3.63, 3.8) is 0 Å². The highest BCUT2D eigenvalue weighted by atomic mass is 35.5. The number of benzene rings is 1. The number of hydrogen-bond donors (Lipinski definition) is 2. The summed E-state index contributed by atoms with van der Waals surface area (Å²) >= 11 is 6.06. The van der Waals surface area contributed by atoms with Gasteiger partial charge in [0, 0.05) is 23.7 Å². The summed E-state index contributed by atoms with van der Waals surface area (Å²) in [5.74, 6) is 0.424. The van der Waals surface area contributed by atoms with E-state index in [0.717, 1.165) is 38.6 Å². The third kappa shape index (κ3) is 3.65. The van der Waals surface area contributed by atoms with Crippen molar-refractivity contribution in [1.82, 2.24) is 15.5 Å². The van der Waals surface area contributed by atoms with Crippen LogP contribution in [0.2, 0.25) is 5.02 Å². The molecular formula is C20H26ClN3O3. The summed E-state index contributed by atoms with van der Waals surface area (Å²) in [6.45, 7) is 1.61. The molecule has 2 heterocycles. The van der Waals surface area contributed by atoms with E-state index in [1.54, 1.807) is 18.2 Å². The second kappa shape index (κ2) is 7.32. The second-order valence-corrected chi connectivity index (χ2v) is 8.34. The molecule has 6 nitrogen and oxygen atoms in total. The molecule has 2 saturated heterocycles.